The predicted octanol–water partition coefficient (Wildman–Crippen LogP) is 11.1. The summed E-state index contributed by atoms with van der Waals surface area (Å²) < 4.78 is 283. The van der Waals surface area contributed by atoms with Gasteiger partial charge in [0.15, 0.2) is 0 Å². The van der Waals surface area contributed by atoms with Crippen LogP contribution in [0, 0.1) is 0 Å². The molecule has 2 aliphatic heterocycles. The van der Waals surface area contributed by atoms with E-state index in [1.165, 1.54) is 0 Å². The van der Waals surface area contributed by atoms with Gasteiger partial charge in [0.25, 0.3) is 0 Å². The zero-order valence-electron chi connectivity index (χ0n) is 55.8. The number of hydrogen-bond acceptors (Lipinski definition) is 2. The van der Waals surface area contributed by atoms with Gasteiger partial charge < -0.3 is 14.0 Å². The van der Waals surface area contributed by atoms with Crippen molar-refractivity contribution in [3.05, 3.63) is 181 Å². The van der Waals surface area contributed by atoms with Gasteiger partial charge in [0, 0.05) is 32.9 Å². The van der Waals surface area contributed by atoms with Crippen LogP contribution in [0.4, 0.5) is 0 Å². The fraction of sp³-hybridized carbons (Fsp3) is 0. The van der Waals surface area contributed by atoms with Crippen LogP contribution in [0.2, 0.25) is 0 Å². The van der Waals surface area contributed by atoms with E-state index in [0.29, 0.717) is 0 Å². The predicted molar refractivity (Wildman–Crippen MR) is 215 cm³/mol. The van der Waals surface area contributed by atoms with E-state index in [1.807, 2.05) is 0 Å². The highest BCUT2D eigenvalue weighted by molar-refractivity contribution is 6.84. The summed E-state index contributed by atoms with van der Waals surface area (Å²) in [6.07, 6.45) is 0. The van der Waals surface area contributed by atoms with Crippen molar-refractivity contribution in [1.82, 2.24) is 4.57 Å². The normalized spacial score (nSPS) is 20.6. The molecular weight excluding hydrogens is 633 g/mol. The Morgan fingerprint density at radius 2 is 1.06 bits per heavy atom. The third-order valence-electron chi connectivity index (χ3n) is 8.42. The molecule has 0 bridgehead atoms. The first-order valence-electron chi connectivity index (χ1n) is 30.3. The zero-order chi connectivity index (χ0) is 60.3. The average molecular weight is 694 g/mol. The Balaban J connectivity index is 1.25. The minimum absolute atomic E-state index is 0.471. The lowest BCUT2D eigenvalue weighted by atomic mass is 9.50. The van der Waals surface area contributed by atoms with Crippen LogP contribution in [-0.2, 0) is 0 Å². The van der Waals surface area contributed by atoms with Gasteiger partial charge in [0.05, 0.1) is 52.2 Å². The quantitative estimate of drug-likeness (QED) is 0.171. The molecule has 8 aromatic carbocycles. The smallest absolute Gasteiger partial charge is 0.434 e. The first-order chi connectivity index (χ1) is 38.3. The molecule has 0 spiro atoms. The molecule has 0 N–H and O–H groups in total. The Morgan fingerprint density at radius 3 is 1.87 bits per heavy atom. The molecule has 4 heteroatoms. The second-order valence-electron chi connectivity index (χ2n) is 11.3. The van der Waals surface area contributed by atoms with Crippen LogP contribution in [0.1, 0.15) is 41.1 Å². The van der Waals surface area contributed by atoms with Gasteiger partial charge in [-0.3, -0.25) is 0 Å². The van der Waals surface area contributed by atoms with Crippen LogP contribution >= 0.6 is 0 Å². The monoisotopic (exact) mass is 693 g/mol. The molecule has 0 radical (unpaired) electrons. The molecule has 0 saturated carbocycles. The van der Waals surface area contributed by atoms with Crippen LogP contribution in [0.3, 0.4) is 0 Å². The van der Waals surface area contributed by atoms with Crippen molar-refractivity contribution >= 4 is 39.6 Å². The molecule has 3 heterocycles. The van der Waals surface area contributed by atoms with Crippen LogP contribution in [0.25, 0.3) is 72.0 Å². The molecule has 11 rings (SSSR count). The number of ether oxygens (including phenoxy) is 1. The molecule has 0 amide bonds. The maximum Gasteiger partial charge on any atom is 0.434 e. The Kier molecular flexibility index (Phi) is 2.66. The Labute approximate surface area is 344 Å². The summed E-state index contributed by atoms with van der Waals surface area (Å²) in [4.78, 5) is 0. The van der Waals surface area contributed by atoms with Gasteiger partial charge in [-0.15, -0.1) is 0 Å². The molecule has 2 aliphatic rings. The number of rotatable bonds is 4. The lowest BCUT2D eigenvalue weighted by Crippen LogP contribution is -2.53. The standard InChI is InChI=1S/C48H30BNO2/c1-2-12-31(13-3-1)32-14-10-15-33(26-32)36-28-41-40-20-6-9-23-45(40)52-49-42-29-35(24-25-46(42)51-47(30-36)48(41)49)34-16-11-17-37(27-34)50-43-21-7-4-18-38(43)39-19-5-8-22-44(39)50/h1-30H/i1D,2D,3D,4D,5D,6D,7D,8D,9D,10D,11D,12D,13D,14D,15D,16D,17D,18D,19D,20D,21D,22D,23D,24D,25D,26D,27D,28D,29D,30D. The summed E-state index contributed by atoms with van der Waals surface area (Å²) in [5, 5.41) is -0.962. The second kappa shape index (κ2) is 11.4. The molecule has 0 fully saturated rings. The number of benzene rings is 8. The fourth-order valence-electron chi connectivity index (χ4n) is 6.20. The van der Waals surface area contributed by atoms with E-state index in [-0.39, 0.29) is 0 Å². The number of para-hydroxylation sites is 3. The van der Waals surface area contributed by atoms with E-state index in [9.17, 15) is 12.3 Å². The van der Waals surface area contributed by atoms with Crippen LogP contribution in [-0.4, -0.2) is 11.5 Å². The number of nitrogens with zero attached hydrogens (tertiary/aromatic N) is 1. The van der Waals surface area contributed by atoms with Crippen molar-refractivity contribution in [3.63, 3.8) is 0 Å². The van der Waals surface area contributed by atoms with Crippen molar-refractivity contribution in [2.45, 2.75) is 0 Å². The van der Waals surface area contributed by atoms with Gasteiger partial charge in [-0.2, -0.15) is 0 Å². The minimum atomic E-state index is -2.02. The van der Waals surface area contributed by atoms with Gasteiger partial charge >= 0.3 is 6.92 Å². The first-order valence-corrected chi connectivity index (χ1v) is 15.3. The minimum Gasteiger partial charge on any atom is -0.551 e. The van der Waals surface area contributed by atoms with Gasteiger partial charge in [0.2, 0.25) is 0 Å². The molecule has 1 aromatic heterocycles. The van der Waals surface area contributed by atoms with Gasteiger partial charge in [-0.1, -0.05) is 127 Å². The first kappa shape index (κ1) is 12.2. The van der Waals surface area contributed by atoms with Gasteiger partial charge in [-0.25, -0.2) is 0 Å². The summed E-state index contributed by atoms with van der Waals surface area (Å²) in [5.41, 5.74) is -9.18. The zero-order valence-corrected chi connectivity index (χ0v) is 25.8. The molecule has 242 valence electrons. The van der Waals surface area contributed by atoms with Crippen molar-refractivity contribution in [2.24, 2.45) is 0 Å². The molecule has 52 heavy (non-hydrogen) atoms. The van der Waals surface area contributed by atoms with Gasteiger partial charge in [0.1, 0.15) is 17.2 Å². The topological polar surface area (TPSA) is 23.4 Å². The summed E-state index contributed by atoms with van der Waals surface area (Å²) in [7, 11) is 0. The highest BCUT2D eigenvalue weighted by Crippen LogP contribution is 2.42. The Morgan fingerprint density at radius 1 is 0.423 bits per heavy atom. The maximum absolute atomic E-state index is 9.90. The van der Waals surface area contributed by atoms with E-state index >= 15 is 0 Å². The Bertz CT molecular complexity index is 4490. The number of aromatic nitrogens is 1. The fourth-order valence-corrected chi connectivity index (χ4v) is 6.20. The largest absolute Gasteiger partial charge is 0.551 e. The highest BCUT2D eigenvalue weighted by atomic mass is 16.5. The molecule has 9 aromatic rings. The van der Waals surface area contributed by atoms with Crippen LogP contribution in [0.5, 0.6) is 17.2 Å². The second-order valence-corrected chi connectivity index (χ2v) is 11.3. The molecule has 0 saturated heterocycles. The van der Waals surface area contributed by atoms with E-state index < -0.39 is 288 Å². The third kappa shape index (κ3) is 4.48. The van der Waals surface area contributed by atoms with Crippen molar-refractivity contribution < 1.29 is 50.5 Å². The van der Waals surface area contributed by atoms with E-state index in [1.54, 1.807) is 0 Å². The number of fused-ring (bicyclic) bond motifs is 7. The highest BCUT2D eigenvalue weighted by Gasteiger charge is 2.41. The SMILES string of the molecule is [2H]c1c([2H])c([2H])c(-c2c([2H])c([2H])c([2H])c(-c3c([2H])c4c5c(c3[2H])-c3c([2H])c([2H])c([2H])c([2H])c3OB5c3c([2H])c(-c5c([2H])c([2H])c([2H])c(-n6c7c([2H])c([2H])c([2H])c([2H])c7c7c([2H])c([2H])c([2H])c([2H])c76)c5[2H])c([2H])c([2H])c3O4)c2[2H])c([2H])c1[2H]. The molecule has 0 aliphatic carbocycles. The summed E-state index contributed by atoms with van der Waals surface area (Å²) in [5.74, 6) is -2.25. The molecular formula is C48H30BNO2. The van der Waals surface area contributed by atoms with Crippen LogP contribution in [0.15, 0.2) is 181 Å². The van der Waals surface area contributed by atoms with Crippen molar-refractivity contribution in [1.29, 1.82) is 0 Å². The van der Waals surface area contributed by atoms with Crippen molar-refractivity contribution in [3.8, 4) is 67.4 Å². The lowest BCUT2D eigenvalue weighted by Gasteiger charge is -2.33. The summed E-state index contributed by atoms with van der Waals surface area (Å²) >= 11 is 0. The van der Waals surface area contributed by atoms with E-state index in [4.69, 9.17) is 38.2 Å². The van der Waals surface area contributed by atoms with Crippen LogP contribution < -0.4 is 20.3 Å². The van der Waals surface area contributed by atoms with E-state index in [0.717, 1.165) is 4.57 Å². The van der Waals surface area contributed by atoms with Crippen molar-refractivity contribution in [2.75, 3.05) is 0 Å². The summed E-state index contributed by atoms with van der Waals surface area (Å²) in [6.45, 7) is -2.02. The van der Waals surface area contributed by atoms with Gasteiger partial charge in [-0.05, 0) is 93.3 Å². The Hall–Kier alpha value is -6.78. The third-order valence-corrected chi connectivity index (χ3v) is 8.42. The van der Waals surface area contributed by atoms with E-state index in [2.05, 4.69) is 0 Å². The summed E-state index contributed by atoms with van der Waals surface area (Å²) in [6, 6.07) is -27.8. The number of hydrogen-bond donors (Lipinski definition) is 0. The lowest BCUT2D eigenvalue weighted by molar-refractivity contribution is 0.479. The molecule has 0 unspecified atom stereocenters. The average Bonchev–Trinajstić information content (AvgIpc) is 1.16. The molecule has 3 nitrogen and oxygen atoms in total. The molecule has 0 atom stereocenters. The maximum atomic E-state index is 9.90.